The number of aryl methyl sites for hydroxylation is 1. The maximum absolute atomic E-state index is 15.4. The Labute approximate surface area is 262 Å². The van der Waals surface area contributed by atoms with Gasteiger partial charge in [0.1, 0.15) is 17.1 Å². The molecule has 4 heterocycles. The van der Waals surface area contributed by atoms with Gasteiger partial charge in [-0.2, -0.15) is 0 Å². The molecule has 236 valence electrons. The topological polar surface area (TPSA) is 134 Å². The smallest absolute Gasteiger partial charge is 0.261 e. The van der Waals surface area contributed by atoms with Gasteiger partial charge in [-0.1, -0.05) is 24.6 Å². The Morgan fingerprint density at radius 1 is 1.24 bits per heavy atom. The number of methoxy groups -OCH3 is 1. The summed E-state index contributed by atoms with van der Waals surface area (Å²) in [5.41, 5.74) is 5.35. The minimum absolute atomic E-state index is 0.0105. The zero-order chi connectivity index (χ0) is 31.7. The van der Waals surface area contributed by atoms with E-state index in [0.29, 0.717) is 64.8 Å². The summed E-state index contributed by atoms with van der Waals surface area (Å²) >= 11 is 6.66. The molecule has 45 heavy (non-hydrogen) atoms. The lowest BCUT2D eigenvalue weighted by Crippen LogP contribution is -2.54. The highest BCUT2D eigenvalue weighted by Crippen LogP contribution is 2.38. The van der Waals surface area contributed by atoms with Crippen LogP contribution >= 0.6 is 11.6 Å². The molecule has 4 aromatic rings. The number of hydrazine groups is 1. The number of rotatable bonds is 9. The third-order valence-electron chi connectivity index (χ3n) is 7.90. The van der Waals surface area contributed by atoms with Gasteiger partial charge < -0.3 is 30.2 Å². The van der Waals surface area contributed by atoms with Crippen molar-refractivity contribution in [2.24, 2.45) is 0 Å². The molecule has 2 aromatic carbocycles. The first-order chi connectivity index (χ1) is 21.8. The number of nitrogens with one attached hydrogen (secondary N) is 3. The van der Waals surface area contributed by atoms with Gasteiger partial charge in [-0.25, -0.2) is 24.2 Å². The number of amides is 1. The van der Waals surface area contributed by atoms with Crippen molar-refractivity contribution in [3.63, 3.8) is 0 Å². The fraction of sp³-hybridized carbons (Fsp3) is 0.355. The molecule has 0 saturated carbocycles. The average Bonchev–Trinajstić information content (AvgIpc) is 3.25. The molecule has 6 rings (SSSR count). The molecular weight excluding hydrogens is 608 g/mol. The van der Waals surface area contributed by atoms with E-state index in [0.717, 1.165) is 11.9 Å². The van der Waals surface area contributed by atoms with E-state index in [1.807, 2.05) is 6.92 Å². The number of pyridine rings is 1. The molecule has 1 saturated heterocycles. The van der Waals surface area contributed by atoms with Crippen molar-refractivity contribution in [1.29, 1.82) is 0 Å². The maximum Gasteiger partial charge on any atom is 0.261 e. The summed E-state index contributed by atoms with van der Waals surface area (Å²) < 4.78 is 41.4. The molecule has 2 aliphatic heterocycles. The third-order valence-corrected chi connectivity index (χ3v) is 8.26. The monoisotopic (exact) mass is 639 g/mol. The van der Waals surface area contributed by atoms with Gasteiger partial charge in [-0.05, 0) is 47.0 Å². The van der Waals surface area contributed by atoms with Gasteiger partial charge in [0.25, 0.3) is 5.91 Å². The van der Waals surface area contributed by atoms with E-state index in [2.05, 4.69) is 26.0 Å². The second-order valence-corrected chi connectivity index (χ2v) is 11.4. The molecule has 2 unspecified atom stereocenters. The highest BCUT2D eigenvalue weighted by Gasteiger charge is 2.43. The molecule has 2 aliphatic rings. The normalized spacial score (nSPS) is 19.8. The van der Waals surface area contributed by atoms with Crippen LogP contribution in [-0.2, 0) is 16.0 Å². The van der Waals surface area contributed by atoms with Crippen LogP contribution in [0.1, 0.15) is 24.1 Å². The summed E-state index contributed by atoms with van der Waals surface area (Å²) in [6, 6.07) is 6.58. The van der Waals surface area contributed by atoms with Crippen LogP contribution in [0.25, 0.3) is 33.1 Å². The van der Waals surface area contributed by atoms with Crippen molar-refractivity contribution in [3.05, 3.63) is 71.3 Å². The van der Waals surface area contributed by atoms with Crippen molar-refractivity contribution in [2.45, 2.75) is 24.3 Å². The second kappa shape index (κ2) is 12.8. The van der Waals surface area contributed by atoms with E-state index in [1.54, 1.807) is 29.3 Å². The number of fused-ring (bicyclic) bond motifs is 3. The van der Waals surface area contributed by atoms with Crippen LogP contribution in [0.4, 0.5) is 8.78 Å². The molecule has 2 aromatic heterocycles. The molecule has 2 atom stereocenters. The lowest BCUT2D eigenvalue weighted by atomic mass is 9.95. The third kappa shape index (κ3) is 5.89. The van der Waals surface area contributed by atoms with Crippen molar-refractivity contribution in [1.82, 2.24) is 36.0 Å². The van der Waals surface area contributed by atoms with Crippen LogP contribution < -0.4 is 20.8 Å². The zero-order valence-electron chi connectivity index (χ0n) is 24.7. The van der Waals surface area contributed by atoms with Crippen LogP contribution in [0.5, 0.6) is 5.75 Å². The molecule has 0 bridgehead atoms. The predicted octanol–water partition coefficient (Wildman–Crippen LogP) is 3.10. The van der Waals surface area contributed by atoms with E-state index in [4.69, 9.17) is 31.2 Å². The van der Waals surface area contributed by atoms with Crippen LogP contribution in [0, 0.1) is 11.6 Å². The number of aromatic nitrogens is 3. The van der Waals surface area contributed by atoms with Crippen LogP contribution in [0.2, 0.25) is 0 Å². The fourth-order valence-electron chi connectivity index (χ4n) is 5.86. The molecule has 0 aliphatic carbocycles. The Kier molecular flexibility index (Phi) is 8.80. The first-order valence-corrected chi connectivity index (χ1v) is 14.9. The van der Waals surface area contributed by atoms with Crippen LogP contribution in [0.3, 0.4) is 0 Å². The summed E-state index contributed by atoms with van der Waals surface area (Å²) in [5, 5.41) is 18.6. The highest BCUT2D eigenvalue weighted by atomic mass is 35.5. The summed E-state index contributed by atoms with van der Waals surface area (Å²) in [4.78, 5) is 24.9. The van der Waals surface area contributed by atoms with Crippen molar-refractivity contribution in [2.75, 3.05) is 46.7 Å². The number of carbonyl (C=O) groups is 1. The van der Waals surface area contributed by atoms with E-state index >= 15 is 8.78 Å². The van der Waals surface area contributed by atoms with Crippen LogP contribution in [0.15, 0.2) is 48.4 Å². The molecule has 14 heteroatoms. The Balaban J connectivity index is 1.48. The molecule has 11 nitrogen and oxygen atoms in total. The number of hydrogen-bond acceptors (Lipinski definition) is 10. The average molecular weight is 640 g/mol. The Morgan fingerprint density at radius 2 is 2.09 bits per heavy atom. The maximum atomic E-state index is 15.4. The Morgan fingerprint density at radius 3 is 2.87 bits per heavy atom. The van der Waals surface area contributed by atoms with Gasteiger partial charge in [-0.3, -0.25) is 9.78 Å². The van der Waals surface area contributed by atoms with Crippen LogP contribution in [-0.4, -0.2) is 82.7 Å². The van der Waals surface area contributed by atoms with Crippen molar-refractivity contribution < 1.29 is 28.2 Å². The summed E-state index contributed by atoms with van der Waals surface area (Å²) in [6.45, 7) is 2.86. The first kappa shape index (κ1) is 31.0. The highest BCUT2D eigenvalue weighted by molar-refractivity contribution is 6.36. The zero-order valence-corrected chi connectivity index (χ0v) is 25.4. The number of ether oxygens (including phenoxy) is 2. The van der Waals surface area contributed by atoms with E-state index in [9.17, 15) is 4.79 Å². The molecule has 1 amide bonds. The number of nitrogens with zero attached hydrogens (tertiary/aromatic N) is 4. The van der Waals surface area contributed by atoms with Gasteiger partial charge in [0.2, 0.25) is 5.00 Å². The minimum Gasteiger partial charge on any atom is -0.468 e. The van der Waals surface area contributed by atoms with Crippen molar-refractivity contribution in [3.8, 4) is 17.1 Å². The second-order valence-electron chi connectivity index (χ2n) is 10.8. The van der Waals surface area contributed by atoms with Gasteiger partial charge in [0, 0.05) is 62.1 Å². The van der Waals surface area contributed by atoms with E-state index < -0.39 is 16.7 Å². The number of aliphatic hydroxyl groups excluding tert-OH is 1. The number of halogens is 3. The largest absolute Gasteiger partial charge is 0.468 e. The number of carbonyl (C=O) groups excluding carboxylic acids is 1. The predicted molar refractivity (Wildman–Crippen MR) is 164 cm³/mol. The molecule has 0 radical (unpaired) electrons. The first-order valence-electron chi connectivity index (χ1n) is 14.5. The van der Waals surface area contributed by atoms with Gasteiger partial charge in [-0.15, -0.1) is 0 Å². The quantitative estimate of drug-likeness (QED) is 0.123. The van der Waals surface area contributed by atoms with Gasteiger partial charge in [0.05, 0.1) is 18.5 Å². The summed E-state index contributed by atoms with van der Waals surface area (Å²) in [7, 11) is 1.51. The number of hydrogen-bond donors (Lipinski definition) is 4. The Bertz CT molecular complexity index is 1810. The Hall–Kier alpha value is -4.01. The van der Waals surface area contributed by atoms with Crippen molar-refractivity contribution >= 4 is 39.2 Å². The SMILES string of the molecule is CCc1c(F)ccc2cc(OCOC)cc(-c3nc(C4CNCC5=CC(Cl)(C(=O)NCCO)NN5C4)c4cncc(F)c4n3)c12. The lowest BCUT2D eigenvalue weighted by molar-refractivity contribution is -0.124. The van der Waals surface area contributed by atoms with E-state index in [-0.39, 0.29) is 43.0 Å². The number of benzene rings is 2. The van der Waals surface area contributed by atoms with E-state index in [1.165, 1.54) is 19.4 Å². The summed E-state index contributed by atoms with van der Waals surface area (Å²) in [6.07, 6.45) is 4.65. The molecule has 0 spiro atoms. The summed E-state index contributed by atoms with van der Waals surface area (Å²) in [5.74, 6) is -1.20. The minimum atomic E-state index is -1.55. The molecule has 4 N–H and O–H groups in total. The number of aliphatic hydroxyl groups is 1. The van der Waals surface area contributed by atoms with Gasteiger partial charge >= 0.3 is 0 Å². The number of alkyl halides is 1. The molecular formula is C31H32ClF2N7O4. The fourth-order valence-corrected chi connectivity index (χ4v) is 6.16. The lowest BCUT2D eigenvalue weighted by Gasteiger charge is -2.28. The molecule has 1 fully saturated rings. The standard InChI is InChI=1S/C31H32ClF2N7O4/c1-3-21-24(33)5-4-17-8-20(45-16-44-2)9-22(26(17)21)29-38-27(23-13-36-14-25(34)28(23)39-29)18-11-35-12-19-10-31(32,40-41(19)15-18)30(43)37-6-7-42/h4-5,8-10,13-14,18,35,40,42H,3,6-7,11-12,15-16H2,1-2H3,(H,37,43). The van der Waals surface area contributed by atoms with Gasteiger partial charge in [0.15, 0.2) is 18.4 Å².